The largest absolute Gasteiger partial charge is 0.250 e. The molecule has 0 saturated carbocycles. The van der Waals surface area contributed by atoms with Crippen LogP contribution < -0.4 is 0 Å². The smallest absolute Gasteiger partial charge is 0.216 e. The summed E-state index contributed by atoms with van der Waals surface area (Å²) in [7, 11) is 0. The number of hydrogen-bond acceptors (Lipinski definition) is 3. The van der Waals surface area contributed by atoms with Crippen molar-refractivity contribution >= 4 is 30.0 Å². The van der Waals surface area contributed by atoms with Crippen LogP contribution in [0, 0.1) is 10.6 Å². The lowest BCUT2D eigenvalue weighted by atomic mass is 10.1. The first-order valence-electron chi connectivity index (χ1n) is 6.82. The molecule has 1 aromatic heterocycles. The molecule has 0 atom stereocenters. The molecule has 0 unspecified atom stereocenters. The fourth-order valence-corrected chi connectivity index (χ4v) is 2.34. The molecule has 0 radical (unpaired) electrons. The van der Waals surface area contributed by atoms with Crippen LogP contribution >= 0.6 is 23.8 Å². The fourth-order valence-electron chi connectivity index (χ4n) is 2.02. The van der Waals surface area contributed by atoms with E-state index in [9.17, 15) is 4.39 Å². The van der Waals surface area contributed by atoms with Gasteiger partial charge < -0.3 is 0 Å². The normalized spacial score (nSPS) is 11.2. The van der Waals surface area contributed by atoms with Gasteiger partial charge in [-0.3, -0.25) is 5.10 Å². The Labute approximate surface area is 142 Å². The van der Waals surface area contributed by atoms with Crippen molar-refractivity contribution in [3.8, 4) is 0 Å². The van der Waals surface area contributed by atoms with Gasteiger partial charge in [0.15, 0.2) is 5.82 Å². The molecule has 0 spiro atoms. The summed E-state index contributed by atoms with van der Waals surface area (Å²) < 4.78 is 14.9. The number of nitrogens with zero attached hydrogens (tertiary/aromatic N) is 3. The highest BCUT2D eigenvalue weighted by atomic mass is 35.5. The van der Waals surface area contributed by atoms with Crippen LogP contribution in [-0.2, 0) is 6.42 Å². The van der Waals surface area contributed by atoms with Crippen LogP contribution in [0.2, 0.25) is 5.02 Å². The third-order valence-electron chi connectivity index (χ3n) is 3.19. The highest BCUT2D eigenvalue weighted by molar-refractivity contribution is 7.71. The summed E-state index contributed by atoms with van der Waals surface area (Å²) in [5.41, 5.74) is 1.81. The SMILES string of the molecule is Fc1ccc(Cc2n[nH]c(=S)n2/N=C\c2ccc(Cl)cc2)cc1. The first-order chi connectivity index (χ1) is 11.1. The molecule has 3 rings (SSSR count). The first kappa shape index (κ1) is 15.6. The number of hydrogen-bond donors (Lipinski definition) is 1. The van der Waals surface area contributed by atoms with E-state index in [2.05, 4.69) is 15.3 Å². The lowest BCUT2D eigenvalue weighted by Crippen LogP contribution is -2.00. The van der Waals surface area contributed by atoms with Crippen LogP contribution in [0.5, 0.6) is 0 Å². The van der Waals surface area contributed by atoms with Crippen molar-refractivity contribution in [2.24, 2.45) is 5.10 Å². The van der Waals surface area contributed by atoms with E-state index in [1.165, 1.54) is 12.1 Å². The Morgan fingerprint density at radius 1 is 1.17 bits per heavy atom. The summed E-state index contributed by atoms with van der Waals surface area (Å²) in [4.78, 5) is 0. The van der Waals surface area contributed by atoms with Crippen LogP contribution in [-0.4, -0.2) is 21.1 Å². The Bertz CT molecular complexity index is 882. The molecule has 1 N–H and O–H groups in total. The van der Waals surface area contributed by atoms with Crippen molar-refractivity contribution < 1.29 is 4.39 Å². The Morgan fingerprint density at radius 3 is 2.57 bits per heavy atom. The predicted octanol–water partition coefficient (Wildman–Crippen LogP) is 4.21. The number of benzene rings is 2. The monoisotopic (exact) mass is 346 g/mol. The van der Waals surface area contributed by atoms with E-state index < -0.39 is 0 Å². The molecule has 0 saturated heterocycles. The number of nitrogens with one attached hydrogen (secondary N) is 1. The highest BCUT2D eigenvalue weighted by Crippen LogP contribution is 2.10. The van der Waals surface area contributed by atoms with E-state index in [1.807, 2.05) is 12.1 Å². The maximum absolute atomic E-state index is 13.0. The average molecular weight is 347 g/mol. The van der Waals surface area contributed by atoms with E-state index in [0.29, 0.717) is 22.0 Å². The molecule has 0 fully saturated rings. The van der Waals surface area contributed by atoms with Gasteiger partial charge in [-0.15, -0.1) is 0 Å². The average Bonchev–Trinajstić information content (AvgIpc) is 2.89. The Kier molecular flexibility index (Phi) is 4.64. The van der Waals surface area contributed by atoms with Gasteiger partial charge in [0.25, 0.3) is 0 Å². The maximum Gasteiger partial charge on any atom is 0.216 e. The third-order valence-corrected chi connectivity index (χ3v) is 3.70. The molecule has 7 heteroatoms. The molecule has 0 amide bonds. The van der Waals surface area contributed by atoms with Crippen LogP contribution in [0.1, 0.15) is 17.0 Å². The maximum atomic E-state index is 13.0. The molecule has 0 aliphatic carbocycles. The van der Waals surface area contributed by atoms with Gasteiger partial charge in [0.2, 0.25) is 4.77 Å². The second-order valence-electron chi connectivity index (χ2n) is 4.86. The Hall–Kier alpha value is -2.31. The Morgan fingerprint density at radius 2 is 1.87 bits per heavy atom. The Balaban J connectivity index is 1.85. The molecule has 3 aromatic rings. The highest BCUT2D eigenvalue weighted by Gasteiger charge is 2.06. The van der Waals surface area contributed by atoms with E-state index in [-0.39, 0.29) is 5.82 Å². The summed E-state index contributed by atoms with van der Waals surface area (Å²) in [6, 6.07) is 13.5. The van der Waals surface area contributed by atoms with Gasteiger partial charge in [0, 0.05) is 11.4 Å². The van der Waals surface area contributed by atoms with Crippen molar-refractivity contribution in [1.82, 2.24) is 14.9 Å². The summed E-state index contributed by atoms with van der Waals surface area (Å²) >= 11 is 11.1. The lowest BCUT2D eigenvalue weighted by molar-refractivity contribution is 0.627. The fraction of sp³-hybridized carbons (Fsp3) is 0.0625. The molecule has 0 aliphatic rings. The predicted molar refractivity (Wildman–Crippen MR) is 91.1 cm³/mol. The van der Waals surface area contributed by atoms with E-state index in [1.54, 1.807) is 35.2 Å². The summed E-state index contributed by atoms with van der Waals surface area (Å²) in [5, 5.41) is 11.9. The quantitative estimate of drug-likeness (QED) is 0.568. The topological polar surface area (TPSA) is 46.0 Å². The van der Waals surface area contributed by atoms with Crippen molar-refractivity contribution in [1.29, 1.82) is 0 Å². The molecule has 116 valence electrons. The van der Waals surface area contributed by atoms with Gasteiger partial charge in [-0.2, -0.15) is 14.9 Å². The van der Waals surface area contributed by atoms with Gasteiger partial charge in [-0.05, 0) is 47.6 Å². The van der Waals surface area contributed by atoms with Gasteiger partial charge in [-0.1, -0.05) is 35.9 Å². The number of halogens is 2. The molecule has 2 aromatic carbocycles. The zero-order chi connectivity index (χ0) is 16.2. The first-order valence-corrected chi connectivity index (χ1v) is 7.61. The summed E-state index contributed by atoms with van der Waals surface area (Å²) in [6.45, 7) is 0. The van der Waals surface area contributed by atoms with Gasteiger partial charge in [-0.25, -0.2) is 4.39 Å². The minimum absolute atomic E-state index is 0.270. The molecule has 0 bridgehead atoms. The molecule has 0 aliphatic heterocycles. The second kappa shape index (κ2) is 6.85. The number of rotatable bonds is 4. The molecule has 1 heterocycles. The van der Waals surface area contributed by atoms with Gasteiger partial charge in [0.05, 0.1) is 6.21 Å². The molecule has 4 nitrogen and oxygen atoms in total. The minimum Gasteiger partial charge on any atom is -0.250 e. The number of H-pyrrole nitrogens is 1. The van der Waals surface area contributed by atoms with E-state index in [4.69, 9.17) is 23.8 Å². The van der Waals surface area contributed by atoms with E-state index in [0.717, 1.165) is 11.1 Å². The van der Waals surface area contributed by atoms with Crippen molar-refractivity contribution in [3.05, 3.63) is 81.1 Å². The molecular formula is C16H12ClFN4S. The van der Waals surface area contributed by atoms with Crippen LogP contribution in [0.15, 0.2) is 53.6 Å². The number of aromatic amines is 1. The van der Waals surface area contributed by atoms with Crippen LogP contribution in [0.3, 0.4) is 0 Å². The molecular weight excluding hydrogens is 335 g/mol. The summed E-state index contributed by atoms with van der Waals surface area (Å²) in [6.07, 6.45) is 2.17. The number of aromatic nitrogens is 3. The van der Waals surface area contributed by atoms with Crippen molar-refractivity contribution in [3.63, 3.8) is 0 Å². The minimum atomic E-state index is -0.270. The van der Waals surface area contributed by atoms with E-state index >= 15 is 0 Å². The van der Waals surface area contributed by atoms with Gasteiger partial charge >= 0.3 is 0 Å². The molecule has 23 heavy (non-hydrogen) atoms. The second-order valence-corrected chi connectivity index (χ2v) is 5.68. The third kappa shape index (κ3) is 3.91. The van der Waals surface area contributed by atoms with Gasteiger partial charge in [0.1, 0.15) is 5.82 Å². The van der Waals surface area contributed by atoms with Crippen molar-refractivity contribution in [2.45, 2.75) is 6.42 Å². The standard InChI is InChI=1S/C16H12ClFN4S/c17-13-5-1-12(2-6-13)10-19-22-15(20-21-16(22)23)9-11-3-7-14(18)8-4-11/h1-8,10H,9H2,(H,21,23)/b19-10-. The lowest BCUT2D eigenvalue weighted by Gasteiger charge is -2.01. The van der Waals surface area contributed by atoms with Crippen LogP contribution in [0.4, 0.5) is 4.39 Å². The zero-order valence-electron chi connectivity index (χ0n) is 11.9. The van der Waals surface area contributed by atoms with Crippen LogP contribution in [0.25, 0.3) is 0 Å². The van der Waals surface area contributed by atoms with Crippen molar-refractivity contribution in [2.75, 3.05) is 0 Å². The summed E-state index contributed by atoms with van der Waals surface area (Å²) in [5.74, 6) is 0.375. The zero-order valence-corrected chi connectivity index (χ0v) is 13.5.